The second-order valence-corrected chi connectivity index (χ2v) is 2.02. The highest BCUT2D eigenvalue weighted by atomic mass is 79.9. The first-order chi connectivity index (χ1) is 2.27. The average Bonchev–Trinajstić information content (AvgIpc) is 1.38. The van der Waals surface area contributed by atoms with Crippen LogP contribution >= 0.6 is 27.5 Å². The third-order valence-corrected chi connectivity index (χ3v) is 1.48. The number of hydrogen-bond acceptors (Lipinski definition) is 0. The minimum atomic E-state index is 0.800. The third-order valence-electron chi connectivity index (χ3n) is 0.184. The van der Waals surface area contributed by atoms with Gasteiger partial charge >= 0.3 is 0 Å². The molecule has 0 heterocycles. The molecule has 0 nitrogen and oxygen atoms in total. The molecular formula is C3H5BrCl. The minimum absolute atomic E-state index is 0.800. The molecule has 0 aliphatic heterocycles. The van der Waals surface area contributed by atoms with E-state index in [1.807, 2.05) is 6.92 Å². The normalized spacial score (nSPS) is 9.60. The molecule has 0 aromatic carbocycles. The fraction of sp³-hybridized carbons (Fsp3) is 0.667. The van der Waals surface area contributed by atoms with Gasteiger partial charge in [0, 0.05) is 5.33 Å². The molecule has 0 saturated carbocycles. The molecule has 0 bridgehead atoms. The maximum atomic E-state index is 5.33. The van der Waals surface area contributed by atoms with Crippen LogP contribution in [0.4, 0.5) is 0 Å². The Labute approximate surface area is 45.6 Å². The lowest BCUT2D eigenvalue weighted by molar-refractivity contribution is 1.36. The van der Waals surface area contributed by atoms with Crippen LogP contribution in [0.1, 0.15) is 6.92 Å². The fourth-order valence-electron chi connectivity index (χ4n) is 0. The van der Waals surface area contributed by atoms with Crippen molar-refractivity contribution in [2.24, 2.45) is 0 Å². The lowest BCUT2D eigenvalue weighted by Gasteiger charge is -1.84. The van der Waals surface area contributed by atoms with Crippen molar-refractivity contribution >= 4 is 27.5 Å². The van der Waals surface area contributed by atoms with Gasteiger partial charge in [-0.05, 0) is 6.92 Å². The predicted molar refractivity (Wildman–Crippen MR) is 28.6 cm³/mol. The minimum Gasteiger partial charge on any atom is -0.117 e. The Morgan fingerprint density at radius 1 is 2.00 bits per heavy atom. The van der Waals surface area contributed by atoms with E-state index >= 15 is 0 Å². The first-order valence-electron chi connectivity index (χ1n) is 1.31. The van der Waals surface area contributed by atoms with Gasteiger partial charge in [0.2, 0.25) is 0 Å². The second-order valence-electron chi connectivity index (χ2n) is 0.810. The highest BCUT2D eigenvalue weighted by molar-refractivity contribution is 9.09. The Balaban J connectivity index is 2.54. The van der Waals surface area contributed by atoms with E-state index in [9.17, 15) is 0 Å². The van der Waals surface area contributed by atoms with Gasteiger partial charge in [-0.3, -0.25) is 0 Å². The zero-order valence-corrected chi connectivity index (χ0v) is 5.30. The molecule has 0 saturated heterocycles. The van der Waals surface area contributed by atoms with Crippen molar-refractivity contribution in [2.75, 3.05) is 5.33 Å². The summed E-state index contributed by atoms with van der Waals surface area (Å²) >= 11 is 8.48. The SMILES string of the molecule is C[C](Cl)CBr. The van der Waals surface area contributed by atoms with Gasteiger partial charge in [0.1, 0.15) is 0 Å². The number of alkyl halides is 1. The van der Waals surface area contributed by atoms with E-state index in [0.717, 1.165) is 10.7 Å². The summed E-state index contributed by atoms with van der Waals surface area (Å²) in [6.45, 7) is 1.86. The van der Waals surface area contributed by atoms with E-state index in [-0.39, 0.29) is 0 Å². The van der Waals surface area contributed by atoms with Crippen LogP contribution in [0, 0.1) is 5.38 Å². The zero-order chi connectivity index (χ0) is 4.28. The molecule has 0 amide bonds. The Kier molecular flexibility index (Phi) is 3.44. The molecule has 0 spiro atoms. The highest BCUT2D eigenvalue weighted by Crippen LogP contribution is 2.05. The summed E-state index contributed by atoms with van der Waals surface area (Å²) in [7, 11) is 0. The van der Waals surface area contributed by atoms with Gasteiger partial charge in [0.25, 0.3) is 0 Å². The Hall–Kier alpha value is 0.770. The third kappa shape index (κ3) is 4.77. The fourth-order valence-corrected chi connectivity index (χ4v) is 0. The molecule has 31 valence electrons. The van der Waals surface area contributed by atoms with Crippen LogP contribution in [0.25, 0.3) is 0 Å². The van der Waals surface area contributed by atoms with Gasteiger partial charge in [-0.25, -0.2) is 0 Å². The molecule has 0 fully saturated rings. The highest BCUT2D eigenvalue weighted by Gasteiger charge is 1.86. The first-order valence-corrected chi connectivity index (χ1v) is 2.81. The van der Waals surface area contributed by atoms with Crippen LogP contribution in [0.15, 0.2) is 0 Å². The van der Waals surface area contributed by atoms with Gasteiger partial charge in [0.15, 0.2) is 0 Å². The smallest absolute Gasteiger partial charge is 0.0711 e. The maximum Gasteiger partial charge on any atom is 0.0711 e. The summed E-state index contributed by atoms with van der Waals surface area (Å²) in [5.41, 5.74) is 0. The summed E-state index contributed by atoms with van der Waals surface area (Å²) < 4.78 is 0. The van der Waals surface area contributed by atoms with Crippen molar-refractivity contribution in [2.45, 2.75) is 6.92 Å². The summed E-state index contributed by atoms with van der Waals surface area (Å²) in [6, 6.07) is 0. The van der Waals surface area contributed by atoms with Gasteiger partial charge in [-0.2, -0.15) is 0 Å². The lowest BCUT2D eigenvalue weighted by atomic mass is 10.6. The van der Waals surface area contributed by atoms with E-state index < -0.39 is 0 Å². The van der Waals surface area contributed by atoms with E-state index in [1.54, 1.807) is 0 Å². The molecule has 0 rings (SSSR count). The van der Waals surface area contributed by atoms with Crippen molar-refractivity contribution in [3.63, 3.8) is 0 Å². The average molecular weight is 156 g/mol. The summed E-state index contributed by atoms with van der Waals surface area (Å²) in [4.78, 5) is 0. The quantitative estimate of drug-likeness (QED) is 0.511. The van der Waals surface area contributed by atoms with E-state index in [0.29, 0.717) is 0 Å². The first kappa shape index (κ1) is 5.77. The van der Waals surface area contributed by atoms with E-state index in [2.05, 4.69) is 15.9 Å². The molecule has 0 aromatic rings. The maximum absolute atomic E-state index is 5.33. The Morgan fingerprint density at radius 2 is 2.20 bits per heavy atom. The van der Waals surface area contributed by atoms with E-state index in [1.165, 1.54) is 0 Å². The molecular weight excluding hydrogens is 151 g/mol. The molecule has 5 heavy (non-hydrogen) atoms. The molecule has 0 aliphatic rings. The van der Waals surface area contributed by atoms with Crippen LogP contribution in [-0.2, 0) is 0 Å². The molecule has 0 atom stereocenters. The molecule has 0 unspecified atom stereocenters. The lowest BCUT2D eigenvalue weighted by Crippen LogP contribution is -1.74. The van der Waals surface area contributed by atoms with Crippen LogP contribution < -0.4 is 0 Å². The monoisotopic (exact) mass is 155 g/mol. The summed E-state index contributed by atoms with van der Waals surface area (Å²) in [5.74, 6) is 0. The molecule has 2 heteroatoms. The van der Waals surface area contributed by atoms with Crippen molar-refractivity contribution in [3.8, 4) is 0 Å². The van der Waals surface area contributed by atoms with Crippen LogP contribution in [0.5, 0.6) is 0 Å². The van der Waals surface area contributed by atoms with Crippen LogP contribution in [0.3, 0.4) is 0 Å². The Bertz CT molecular complexity index is 20.9. The topological polar surface area (TPSA) is 0 Å². The van der Waals surface area contributed by atoms with Crippen molar-refractivity contribution in [3.05, 3.63) is 5.38 Å². The molecule has 0 aromatic heterocycles. The standard InChI is InChI=1S/C3H5BrCl/c1-3(5)2-4/h2H2,1H3. The van der Waals surface area contributed by atoms with E-state index in [4.69, 9.17) is 11.6 Å². The Morgan fingerprint density at radius 3 is 2.20 bits per heavy atom. The van der Waals surface area contributed by atoms with Gasteiger partial charge in [-0.15, -0.1) is 11.6 Å². The van der Waals surface area contributed by atoms with Crippen molar-refractivity contribution in [1.82, 2.24) is 0 Å². The van der Waals surface area contributed by atoms with Crippen molar-refractivity contribution in [1.29, 1.82) is 0 Å². The van der Waals surface area contributed by atoms with Gasteiger partial charge < -0.3 is 0 Å². The van der Waals surface area contributed by atoms with Gasteiger partial charge in [-0.1, -0.05) is 15.9 Å². The summed E-state index contributed by atoms with van der Waals surface area (Å²) in [5, 5.41) is 1.69. The molecule has 0 N–H and O–H groups in total. The second kappa shape index (κ2) is 2.98. The number of hydrogen-bond donors (Lipinski definition) is 0. The molecule has 0 aliphatic carbocycles. The zero-order valence-electron chi connectivity index (χ0n) is 2.96. The number of rotatable bonds is 1. The largest absolute Gasteiger partial charge is 0.117 e. The molecule has 1 radical (unpaired) electrons. The van der Waals surface area contributed by atoms with Crippen LogP contribution in [-0.4, -0.2) is 5.33 Å². The van der Waals surface area contributed by atoms with Crippen molar-refractivity contribution < 1.29 is 0 Å². The van der Waals surface area contributed by atoms with Gasteiger partial charge in [0.05, 0.1) is 5.38 Å². The van der Waals surface area contributed by atoms with Crippen LogP contribution in [0.2, 0.25) is 0 Å². The number of halogens is 2. The predicted octanol–water partition coefficient (Wildman–Crippen LogP) is 2.17. The summed E-state index contributed by atoms with van der Waals surface area (Å²) in [6.07, 6.45) is 0.